The van der Waals surface area contributed by atoms with Crippen molar-refractivity contribution in [1.29, 1.82) is 0 Å². The summed E-state index contributed by atoms with van der Waals surface area (Å²) >= 11 is 0. The van der Waals surface area contributed by atoms with E-state index >= 15 is 0 Å². The van der Waals surface area contributed by atoms with Crippen LogP contribution in [0.1, 0.15) is 38.2 Å². The van der Waals surface area contributed by atoms with Crippen LogP contribution >= 0.6 is 0 Å². The van der Waals surface area contributed by atoms with E-state index in [-0.39, 0.29) is 11.3 Å². The molecule has 2 heterocycles. The highest BCUT2D eigenvalue weighted by Crippen LogP contribution is 2.45. The van der Waals surface area contributed by atoms with E-state index in [4.69, 9.17) is 0 Å². The smallest absolute Gasteiger partial charge is 0.226 e. The molecule has 108 valence electrons. The van der Waals surface area contributed by atoms with Gasteiger partial charge in [-0.05, 0) is 37.3 Å². The van der Waals surface area contributed by atoms with Crippen molar-refractivity contribution in [1.82, 2.24) is 15.2 Å². The van der Waals surface area contributed by atoms with Crippen LogP contribution in [0.2, 0.25) is 0 Å². The van der Waals surface area contributed by atoms with Crippen LogP contribution in [0.15, 0.2) is 24.5 Å². The molecule has 1 saturated carbocycles. The molecule has 0 aromatic carbocycles. The van der Waals surface area contributed by atoms with Crippen LogP contribution in [-0.4, -0.2) is 34.9 Å². The van der Waals surface area contributed by atoms with Gasteiger partial charge in [0.15, 0.2) is 0 Å². The number of carbonyl (C=O) groups is 1. The molecule has 1 aliphatic carbocycles. The average Bonchev–Trinajstić information content (AvgIpc) is 3.22. The van der Waals surface area contributed by atoms with Crippen molar-refractivity contribution in [3.63, 3.8) is 0 Å². The average molecular weight is 273 g/mol. The first-order valence-electron chi connectivity index (χ1n) is 7.58. The highest BCUT2D eigenvalue weighted by atomic mass is 16.2. The first kappa shape index (κ1) is 13.6. The third kappa shape index (κ3) is 3.18. The van der Waals surface area contributed by atoms with Crippen LogP contribution in [0.3, 0.4) is 0 Å². The predicted molar refractivity (Wildman–Crippen MR) is 78.0 cm³/mol. The maximum absolute atomic E-state index is 12.0. The first-order chi connectivity index (χ1) is 9.66. The fourth-order valence-corrected chi connectivity index (χ4v) is 2.76. The van der Waals surface area contributed by atoms with Crippen LogP contribution in [0.25, 0.3) is 0 Å². The van der Waals surface area contributed by atoms with Crippen molar-refractivity contribution in [3.05, 3.63) is 30.1 Å². The van der Waals surface area contributed by atoms with Crippen LogP contribution in [0, 0.1) is 5.41 Å². The summed E-state index contributed by atoms with van der Waals surface area (Å²) < 4.78 is 0. The van der Waals surface area contributed by atoms with Gasteiger partial charge >= 0.3 is 0 Å². The molecule has 0 spiro atoms. The van der Waals surface area contributed by atoms with E-state index in [2.05, 4.69) is 28.2 Å². The monoisotopic (exact) mass is 273 g/mol. The molecule has 3 rings (SSSR count). The third-order valence-electron chi connectivity index (χ3n) is 4.60. The van der Waals surface area contributed by atoms with Crippen LogP contribution in [0.4, 0.5) is 0 Å². The molecule has 2 aliphatic rings. The van der Waals surface area contributed by atoms with Crippen molar-refractivity contribution in [2.24, 2.45) is 5.41 Å². The lowest BCUT2D eigenvalue weighted by Crippen LogP contribution is -2.46. The zero-order valence-corrected chi connectivity index (χ0v) is 12.1. The molecule has 4 heteroatoms. The van der Waals surface area contributed by atoms with Gasteiger partial charge in [-0.15, -0.1) is 0 Å². The number of pyridine rings is 1. The highest BCUT2D eigenvalue weighted by molar-refractivity contribution is 5.85. The summed E-state index contributed by atoms with van der Waals surface area (Å²) in [5.41, 5.74) is 1.22. The molecule has 4 nitrogen and oxygen atoms in total. The van der Waals surface area contributed by atoms with Gasteiger partial charge in [0.1, 0.15) is 0 Å². The molecule has 1 N–H and O–H groups in total. The summed E-state index contributed by atoms with van der Waals surface area (Å²) in [4.78, 5) is 18.6. The fraction of sp³-hybridized carbons (Fsp3) is 0.625. The SMILES string of the molecule is CC1(C(=O)NC2CCN(Cc3cccnc3)CC2)CC1. The van der Waals surface area contributed by atoms with Crippen molar-refractivity contribution in [2.45, 2.75) is 45.2 Å². The summed E-state index contributed by atoms with van der Waals surface area (Å²) in [5, 5.41) is 3.23. The lowest BCUT2D eigenvalue weighted by Gasteiger charge is -2.32. The number of nitrogens with one attached hydrogen (secondary N) is 1. The molecular weight excluding hydrogens is 250 g/mol. The van der Waals surface area contributed by atoms with E-state index in [0.717, 1.165) is 45.3 Å². The fourth-order valence-electron chi connectivity index (χ4n) is 2.76. The molecule has 0 unspecified atom stereocenters. The highest BCUT2D eigenvalue weighted by Gasteiger charge is 2.45. The summed E-state index contributed by atoms with van der Waals surface area (Å²) in [6, 6.07) is 4.47. The Morgan fingerprint density at radius 1 is 1.45 bits per heavy atom. The van der Waals surface area contributed by atoms with E-state index < -0.39 is 0 Å². The summed E-state index contributed by atoms with van der Waals surface area (Å²) in [7, 11) is 0. The van der Waals surface area contributed by atoms with Gasteiger partial charge in [0.05, 0.1) is 0 Å². The van der Waals surface area contributed by atoms with E-state index in [9.17, 15) is 4.79 Å². The van der Waals surface area contributed by atoms with Crippen molar-refractivity contribution < 1.29 is 4.79 Å². The standard InChI is InChI=1S/C16H23N3O/c1-16(6-7-16)15(20)18-14-4-9-19(10-5-14)12-13-3-2-8-17-11-13/h2-3,8,11,14H,4-7,9-10,12H2,1H3,(H,18,20). The Morgan fingerprint density at radius 3 is 2.80 bits per heavy atom. The summed E-state index contributed by atoms with van der Waals surface area (Å²) in [6.45, 7) is 5.14. The molecule has 1 aliphatic heterocycles. The zero-order valence-electron chi connectivity index (χ0n) is 12.1. The number of nitrogens with zero attached hydrogens (tertiary/aromatic N) is 2. The molecule has 0 atom stereocenters. The maximum Gasteiger partial charge on any atom is 0.226 e. The van der Waals surface area contributed by atoms with Gasteiger partial charge < -0.3 is 5.32 Å². The minimum Gasteiger partial charge on any atom is -0.353 e. The maximum atomic E-state index is 12.0. The van der Waals surface area contributed by atoms with Crippen LogP contribution in [0.5, 0.6) is 0 Å². The minimum atomic E-state index is -0.0488. The predicted octanol–water partition coefficient (Wildman–Crippen LogP) is 1.96. The van der Waals surface area contributed by atoms with E-state index in [1.165, 1.54) is 5.56 Å². The number of piperidine rings is 1. The van der Waals surface area contributed by atoms with Gasteiger partial charge in [0.25, 0.3) is 0 Å². The number of aromatic nitrogens is 1. The number of amides is 1. The topological polar surface area (TPSA) is 45.2 Å². The van der Waals surface area contributed by atoms with Gasteiger partial charge in [-0.25, -0.2) is 0 Å². The normalized spacial score (nSPS) is 22.4. The Morgan fingerprint density at radius 2 is 2.20 bits per heavy atom. The number of hydrogen-bond acceptors (Lipinski definition) is 3. The number of carbonyl (C=O) groups excluding carboxylic acids is 1. The van der Waals surface area contributed by atoms with Gasteiger partial charge in [0, 0.05) is 43.5 Å². The molecule has 1 saturated heterocycles. The van der Waals surface area contributed by atoms with Gasteiger partial charge in [-0.1, -0.05) is 13.0 Å². The number of rotatable bonds is 4. The van der Waals surface area contributed by atoms with Gasteiger partial charge in [-0.2, -0.15) is 0 Å². The zero-order chi connectivity index (χ0) is 14.0. The largest absolute Gasteiger partial charge is 0.353 e. The van der Waals surface area contributed by atoms with Crippen molar-refractivity contribution in [3.8, 4) is 0 Å². The Labute approximate surface area is 120 Å². The summed E-state index contributed by atoms with van der Waals surface area (Å²) in [5.74, 6) is 0.267. The molecular formula is C16H23N3O. The molecule has 0 bridgehead atoms. The number of hydrogen-bond donors (Lipinski definition) is 1. The Balaban J connectivity index is 1.44. The van der Waals surface area contributed by atoms with Gasteiger partial charge in [-0.3, -0.25) is 14.7 Å². The van der Waals surface area contributed by atoms with Crippen molar-refractivity contribution >= 4 is 5.91 Å². The minimum absolute atomic E-state index is 0.0488. The van der Waals surface area contributed by atoms with Crippen molar-refractivity contribution in [2.75, 3.05) is 13.1 Å². The van der Waals surface area contributed by atoms with E-state index in [1.807, 2.05) is 18.5 Å². The second-order valence-electron chi connectivity index (χ2n) is 6.45. The third-order valence-corrected chi connectivity index (χ3v) is 4.60. The lowest BCUT2D eigenvalue weighted by atomic mass is 10.0. The van der Waals surface area contributed by atoms with E-state index in [1.54, 1.807) is 0 Å². The molecule has 20 heavy (non-hydrogen) atoms. The van der Waals surface area contributed by atoms with Crippen LogP contribution in [-0.2, 0) is 11.3 Å². The Kier molecular flexibility index (Phi) is 3.74. The molecule has 1 amide bonds. The molecule has 1 aromatic rings. The lowest BCUT2D eigenvalue weighted by molar-refractivity contribution is -0.126. The number of likely N-dealkylation sites (tertiary alicyclic amines) is 1. The molecule has 0 radical (unpaired) electrons. The quantitative estimate of drug-likeness (QED) is 0.912. The second-order valence-corrected chi connectivity index (χ2v) is 6.45. The molecule has 2 fully saturated rings. The van der Waals surface area contributed by atoms with Gasteiger partial charge in [0.2, 0.25) is 5.91 Å². The van der Waals surface area contributed by atoms with Crippen LogP contribution < -0.4 is 5.32 Å². The Hall–Kier alpha value is -1.42. The van der Waals surface area contributed by atoms with E-state index in [0.29, 0.717) is 6.04 Å². The second kappa shape index (κ2) is 5.52. The Bertz CT molecular complexity index is 462. The summed E-state index contributed by atoms with van der Waals surface area (Å²) in [6.07, 6.45) is 7.97. The molecule has 1 aromatic heterocycles. The first-order valence-corrected chi connectivity index (χ1v) is 7.58.